The number of aromatic hydroxyl groups is 1. The Labute approximate surface area is 135 Å². The molecule has 2 rings (SSSR count). The molecule has 0 aromatic heterocycles. The fraction of sp³-hybridized carbons (Fsp3) is 0.588. The van der Waals surface area contributed by atoms with Crippen LogP contribution in [0.2, 0.25) is 0 Å². The van der Waals surface area contributed by atoms with Crippen molar-refractivity contribution < 1.29 is 18.7 Å². The molecule has 23 heavy (non-hydrogen) atoms. The summed E-state index contributed by atoms with van der Waals surface area (Å²) >= 11 is 0. The van der Waals surface area contributed by atoms with Gasteiger partial charge in [-0.25, -0.2) is 8.78 Å². The quantitative estimate of drug-likeness (QED) is 0.905. The fourth-order valence-electron chi connectivity index (χ4n) is 3.10. The second-order valence-corrected chi connectivity index (χ2v) is 6.00. The Morgan fingerprint density at radius 3 is 2.39 bits per heavy atom. The van der Waals surface area contributed by atoms with E-state index in [1.165, 1.54) is 4.90 Å². The van der Waals surface area contributed by atoms with Crippen LogP contribution >= 0.6 is 0 Å². The molecule has 1 fully saturated rings. The zero-order chi connectivity index (χ0) is 17.0. The molecule has 0 unspecified atom stereocenters. The normalized spacial score (nSPS) is 16.1. The van der Waals surface area contributed by atoms with Crippen LogP contribution in [0, 0.1) is 17.6 Å². The molecule has 4 nitrogen and oxygen atoms in total. The molecule has 0 saturated carbocycles. The van der Waals surface area contributed by atoms with Crippen molar-refractivity contribution in [1.29, 1.82) is 0 Å². The lowest BCUT2D eigenvalue weighted by Crippen LogP contribution is -2.41. The molecule has 1 aliphatic heterocycles. The van der Waals surface area contributed by atoms with Gasteiger partial charge in [0.2, 0.25) is 0 Å². The monoisotopic (exact) mass is 326 g/mol. The van der Waals surface area contributed by atoms with Crippen LogP contribution in [0.1, 0.15) is 37.0 Å². The summed E-state index contributed by atoms with van der Waals surface area (Å²) in [5, 5.41) is 9.67. The number of likely N-dealkylation sites (tertiary alicyclic amines) is 1. The molecule has 1 aliphatic rings. The Balaban J connectivity index is 1.99. The Bertz CT molecular complexity index is 531. The highest BCUT2D eigenvalue weighted by Crippen LogP contribution is 2.26. The molecule has 0 radical (unpaired) electrons. The van der Waals surface area contributed by atoms with Crippen molar-refractivity contribution in [1.82, 2.24) is 9.80 Å². The second-order valence-electron chi connectivity index (χ2n) is 6.00. The number of halogens is 2. The first kappa shape index (κ1) is 17.7. The minimum Gasteiger partial charge on any atom is -0.507 e. The lowest BCUT2D eigenvalue weighted by molar-refractivity contribution is 0.0661. The Morgan fingerprint density at radius 1 is 1.26 bits per heavy atom. The average molecular weight is 326 g/mol. The van der Waals surface area contributed by atoms with Crippen molar-refractivity contribution in [3.8, 4) is 5.75 Å². The Kier molecular flexibility index (Phi) is 5.93. The number of nitrogens with zero attached hydrogens (tertiary/aromatic N) is 2. The number of hydrogen-bond acceptors (Lipinski definition) is 3. The van der Waals surface area contributed by atoms with E-state index in [0.717, 1.165) is 38.5 Å². The van der Waals surface area contributed by atoms with Gasteiger partial charge in [0, 0.05) is 31.8 Å². The highest BCUT2D eigenvalue weighted by Gasteiger charge is 2.28. The standard InChI is InChI=1S/C17H24F2N2O2/c1-3-20(4-2)11-12-5-7-21(8-6-12)17(23)16-14(19)9-13(18)10-15(16)22/h9-10,12,22H,3-8,11H2,1-2H3. The average Bonchev–Trinajstić information content (AvgIpc) is 2.52. The first-order chi connectivity index (χ1) is 11.0. The van der Waals surface area contributed by atoms with Gasteiger partial charge in [-0.15, -0.1) is 0 Å². The van der Waals surface area contributed by atoms with E-state index >= 15 is 0 Å². The summed E-state index contributed by atoms with van der Waals surface area (Å²) in [6.45, 7) is 8.33. The third kappa shape index (κ3) is 4.19. The molecule has 6 heteroatoms. The maximum atomic E-state index is 13.8. The van der Waals surface area contributed by atoms with Crippen molar-refractivity contribution in [2.24, 2.45) is 5.92 Å². The molecular formula is C17H24F2N2O2. The molecule has 1 heterocycles. The summed E-state index contributed by atoms with van der Waals surface area (Å²) in [4.78, 5) is 16.3. The summed E-state index contributed by atoms with van der Waals surface area (Å²) in [6, 6.07) is 1.39. The maximum Gasteiger partial charge on any atom is 0.260 e. The summed E-state index contributed by atoms with van der Waals surface area (Å²) in [7, 11) is 0. The van der Waals surface area contributed by atoms with E-state index in [1.54, 1.807) is 0 Å². The van der Waals surface area contributed by atoms with Gasteiger partial charge in [-0.2, -0.15) is 0 Å². The van der Waals surface area contributed by atoms with Gasteiger partial charge in [-0.05, 0) is 31.8 Å². The number of phenols is 1. The maximum absolute atomic E-state index is 13.8. The van der Waals surface area contributed by atoms with Crippen LogP contribution in [-0.2, 0) is 0 Å². The number of rotatable bonds is 5. The number of amides is 1. The smallest absolute Gasteiger partial charge is 0.260 e. The van der Waals surface area contributed by atoms with Crippen LogP contribution in [-0.4, -0.2) is 53.5 Å². The van der Waals surface area contributed by atoms with Crippen LogP contribution in [0.3, 0.4) is 0 Å². The molecule has 0 spiro atoms. The predicted molar refractivity (Wildman–Crippen MR) is 84.4 cm³/mol. The van der Waals surface area contributed by atoms with E-state index in [0.29, 0.717) is 25.1 Å². The zero-order valence-corrected chi connectivity index (χ0v) is 13.7. The molecule has 128 valence electrons. The van der Waals surface area contributed by atoms with Crippen molar-refractivity contribution in [2.45, 2.75) is 26.7 Å². The molecule has 0 atom stereocenters. The van der Waals surface area contributed by atoms with Gasteiger partial charge in [-0.3, -0.25) is 4.79 Å². The number of phenolic OH excluding ortho intramolecular Hbond substituents is 1. The van der Waals surface area contributed by atoms with E-state index in [4.69, 9.17) is 0 Å². The molecule has 1 aromatic rings. The Hall–Kier alpha value is -1.69. The van der Waals surface area contributed by atoms with Gasteiger partial charge >= 0.3 is 0 Å². The highest BCUT2D eigenvalue weighted by molar-refractivity contribution is 5.97. The third-order valence-electron chi connectivity index (χ3n) is 4.56. The summed E-state index contributed by atoms with van der Waals surface area (Å²) < 4.78 is 26.8. The van der Waals surface area contributed by atoms with Crippen molar-refractivity contribution in [3.05, 3.63) is 29.3 Å². The lowest BCUT2D eigenvalue weighted by atomic mass is 9.95. The van der Waals surface area contributed by atoms with Crippen LogP contribution in [0.4, 0.5) is 8.78 Å². The van der Waals surface area contributed by atoms with Crippen molar-refractivity contribution >= 4 is 5.91 Å². The predicted octanol–water partition coefficient (Wildman–Crippen LogP) is 2.86. The minimum atomic E-state index is -1.02. The first-order valence-electron chi connectivity index (χ1n) is 8.15. The molecule has 1 amide bonds. The lowest BCUT2D eigenvalue weighted by Gasteiger charge is -2.34. The minimum absolute atomic E-state index is 0.436. The molecule has 1 N–H and O–H groups in total. The van der Waals surface area contributed by atoms with E-state index in [9.17, 15) is 18.7 Å². The summed E-state index contributed by atoms with van der Waals surface area (Å²) in [5.41, 5.74) is -0.436. The van der Waals surface area contributed by atoms with Gasteiger partial charge in [0.05, 0.1) is 0 Å². The van der Waals surface area contributed by atoms with E-state index in [2.05, 4.69) is 18.7 Å². The van der Waals surface area contributed by atoms with Crippen LogP contribution in [0.15, 0.2) is 12.1 Å². The van der Waals surface area contributed by atoms with Crippen LogP contribution in [0.25, 0.3) is 0 Å². The first-order valence-corrected chi connectivity index (χ1v) is 8.15. The van der Waals surface area contributed by atoms with E-state index < -0.39 is 28.9 Å². The van der Waals surface area contributed by atoms with Gasteiger partial charge in [0.1, 0.15) is 22.9 Å². The molecule has 0 aliphatic carbocycles. The molecule has 1 saturated heterocycles. The topological polar surface area (TPSA) is 43.8 Å². The highest BCUT2D eigenvalue weighted by atomic mass is 19.1. The van der Waals surface area contributed by atoms with Crippen LogP contribution < -0.4 is 0 Å². The van der Waals surface area contributed by atoms with Crippen molar-refractivity contribution in [3.63, 3.8) is 0 Å². The SMILES string of the molecule is CCN(CC)CC1CCN(C(=O)c2c(O)cc(F)cc2F)CC1. The molecule has 1 aromatic carbocycles. The zero-order valence-electron chi connectivity index (χ0n) is 13.7. The fourth-order valence-corrected chi connectivity index (χ4v) is 3.10. The van der Waals surface area contributed by atoms with E-state index in [1.807, 2.05) is 0 Å². The number of benzene rings is 1. The summed E-state index contributed by atoms with van der Waals surface area (Å²) in [5.74, 6) is -2.60. The van der Waals surface area contributed by atoms with Gasteiger partial charge in [0.15, 0.2) is 0 Å². The molecular weight excluding hydrogens is 302 g/mol. The Morgan fingerprint density at radius 2 is 1.87 bits per heavy atom. The van der Waals surface area contributed by atoms with Gasteiger partial charge in [0.25, 0.3) is 5.91 Å². The van der Waals surface area contributed by atoms with Gasteiger partial charge < -0.3 is 14.9 Å². The van der Waals surface area contributed by atoms with Crippen molar-refractivity contribution in [2.75, 3.05) is 32.7 Å². The summed E-state index contributed by atoms with van der Waals surface area (Å²) in [6.07, 6.45) is 1.71. The number of carbonyl (C=O) groups excluding carboxylic acids is 1. The van der Waals surface area contributed by atoms with Crippen LogP contribution in [0.5, 0.6) is 5.75 Å². The van der Waals surface area contributed by atoms with E-state index in [-0.39, 0.29) is 0 Å². The third-order valence-corrected chi connectivity index (χ3v) is 4.56. The molecule has 0 bridgehead atoms. The number of carbonyl (C=O) groups is 1. The largest absolute Gasteiger partial charge is 0.507 e. The van der Waals surface area contributed by atoms with Gasteiger partial charge in [-0.1, -0.05) is 13.8 Å². The number of hydrogen-bond donors (Lipinski definition) is 1. The number of piperidine rings is 1. The second kappa shape index (κ2) is 7.73.